The normalized spacial score (nSPS) is 28.6. The number of hydrogen-bond acceptors (Lipinski definition) is 1. The van der Waals surface area contributed by atoms with Gasteiger partial charge in [-0.3, -0.25) is 0 Å². The molecule has 0 saturated carbocycles. The zero-order chi connectivity index (χ0) is 9.73. The van der Waals surface area contributed by atoms with Gasteiger partial charge >= 0.3 is 0 Å². The highest BCUT2D eigenvalue weighted by molar-refractivity contribution is 4.83. The van der Waals surface area contributed by atoms with Crippen LogP contribution in [0.15, 0.2) is 0 Å². The molecule has 1 aliphatic heterocycles. The fourth-order valence-corrected chi connectivity index (χ4v) is 2.53. The molecule has 1 atom stereocenters. The lowest BCUT2D eigenvalue weighted by molar-refractivity contribution is 0.127. The van der Waals surface area contributed by atoms with Gasteiger partial charge in [0.25, 0.3) is 0 Å². The minimum atomic E-state index is 0.546. The van der Waals surface area contributed by atoms with Crippen molar-refractivity contribution >= 4 is 0 Å². The predicted molar refractivity (Wildman–Crippen MR) is 56.8 cm³/mol. The molecule has 1 rings (SSSR count). The number of ether oxygens (including phenoxy) is 1. The zero-order valence-corrected chi connectivity index (χ0v) is 9.44. The second kappa shape index (κ2) is 4.99. The average Bonchev–Trinajstić information content (AvgIpc) is 2.49. The minimum Gasteiger partial charge on any atom is -0.381 e. The van der Waals surface area contributed by atoms with E-state index in [9.17, 15) is 0 Å². The Morgan fingerprint density at radius 2 is 2.15 bits per heavy atom. The van der Waals surface area contributed by atoms with E-state index in [1.807, 2.05) is 0 Å². The summed E-state index contributed by atoms with van der Waals surface area (Å²) in [5.41, 5.74) is 0.546. The molecule has 1 fully saturated rings. The van der Waals surface area contributed by atoms with Gasteiger partial charge in [0.1, 0.15) is 0 Å². The number of rotatable bonds is 5. The maximum Gasteiger partial charge on any atom is 0.0523 e. The predicted octanol–water partition coefficient (Wildman–Crippen LogP) is 3.63. The zero-order valence-electron chi connectivity index (χ0n) is 9.44. The second-order valence-corrected chi connectivity index (χ2v) is 5.00. The highest BCUT2D eigenvalue weighted by Gasteiger charge is 2.34. The molecule has 0 aliphatic carbocycles. The Hall–Kier alpha value is -0.0400. The lowest BCUT2D eigenvalue weighted by Crippen LogP contribution is -2.23. The molecule has 1 heteroatoms. The van der Waals surface area contributed by atoms with Crippen LogP contribution >= 0.6 is 0 Å². The van der Waals surface area contributed by atoms with Gasteiger partial charge in [0.15, 0.2) is 0 Å². The molecule has 0 aromatic rings. The molecule has 0 aromatic heterocycles. The van der Waals surface area contributed by atoms with E-state index in [1.165, 1.54) is 32.1 Å². The summed E-state index contributed by atoms with van der Waals surface area (Å²) in [6.45, 7) is 8.94. The van der Waals surface area contributed by atoms with E-state index in [0.29, 0.717) is 5.41 Å². The first-order valence-electron chi connectivity index (χ1n) is 5.76. The monoisotopic (exact) mass is 184 g/mol. The van der Waals surface area contributed by atoms with E-state index in [4.69, 9.17) is 4.74 Å². The minimum absolute atomic E-state index is 0.546. The maximum absolute atomic E-state index is 5.56. The summed E-state index contributed by atoms with van der Waals surface area (Å²) in [6, 6.07) is 0. The van der Waals surface area contributed by atoms with Crippen molar-refractivity contribution in [2.45, 2.75) is 52.9 Å². The first-order valence-corrected chi connectivity index (χ1v) is 5.76. The Morgan fingerprint density at radius 1 is 1.38 bits per heavy atom. The van der Waals surface area contributed by atoms with Crippen LogP contribution in [0.1, 0.15) is 52.9 Å². The van der Waals surface area contributed by atoms with E-state index >= 15 is 0 Å². The second-order valence-electron chi connectivity index (χ2n) is 5.00. The maximum atomic E-state index is 5.56. The highest BCUT2D eigenvalue weighted by atomic mass is 16.5. The first kappa shape index (κ1) is 11.0. The van der Waals surface area contributed by atoms with Gasteiger partial charge in [0.05, 0.1) is 6.61 Å². The van der Waals surface area contributed by atoms with Crippen molar-refractivity contribution in [3.05, 3.63) is 0 Å². The Kier molecular flexibility index (Phi) is 4.24. The molecule has 0 aromatic carbocycles. The molecule has 1 nitrogen and oxygen atoms in total. The fraction of sp³-hybridized carbons (Fsp3) is 1.00. The molecule has 1 saturated heterocycles. The topological polar surface area (TPSA) is 9.23 Å². The average molecular weight is 184 g/mol. The van der Waals surface area contributed by atoms with Gasteiger partial charge in [-0.25, -0.2) is 0 Å². The summed E-state index contributed by atoms with van der Waals surface area (Å²) >= 11 is 0. The molecule has 0 spiro atoms. The quantitative estimate of drug-likeness (QED) is 0.634. The van der Waals surface area contributed by atoms with E-state index in [0.717, 1.165) is 19.1 Å². The van der Waals surface area contributed by atoms with Crippen molar-refractivity contribution in [3.8, 4) is 0 Å². The summed E-state index contributed by atoms with van der Waals surface area (Å²) in [4.78, 5) is 0. The largest absolute Gasteiger partial charge is 0.381 e. The van der Waals surface area contributed by atoms with Gasteiger partial charge in [0, 0.05) is 6.61 Å². The van der Waals surface area contributed by atoms with Crippen LogP contribution in [0.3, 0.4) is 0 Å². The molecule has 0 N–H and O–H groups in total. The lowest BCUT2D eigenvalue weighted by atomic mass is 9.76. The van der Waals surface area contributed by atoms with Crippen LogP contribution in [0.2, 0.25) is 0 Å². The molecular formula is C12H24O. The third kappa shape index (κ3) is 3.30. The third-order valence-corrected chi connectivity index (χ3v) is 3.09. The molecule has 1 aliphatic rings. The van der Waals surface area contributed by atoms with Gasteiger partial charge in [-0.15, -0.1) is 0 Å². The summed E-state index contributed by atoms with van der Waals surface area (Å²) in [6.07, 6.45) is 6.72. The molecule has 0 bridgehead atoms. The smallest absolute Gasteiger partial charge is 0.0523 e. The molecular weight excluding hydrogens is 160 g/mol. The summed E-state index contributed by atoms with van der Waals surface area (Å²) < 4.78 is 5.56. The van der Waals surface area contributed by atoms with Crippen LogP contribution in [-0.2, 0) is 4.74 Å². The Labute approximate surface area is 82.9 Å². The molecule has 1 heterocycles. The summed E-state index contributed by atoms with van der Waals surface area (Å²) in [7, 11) is 0. The molecule has 0 amide bonds. The van der Waals surface area contributed by atoms with Crippen molar-refractivity contribution in [2.75, 3.05) is 13.2 Å². The van der Waals surface area contributed by atoms with Crippen molar-refractivity contribution in [1.82, 2.24) is 0 Å². The van der Waals surface area contributed by atoms with E-state index in [1.54, 1.807) is 0 Å². The SMILES string of the molecule is CCCCC1(CC(C)C)CCOC1. The standard InChI is InChI=1S/C12H24O/c1-4-5-6-12(9-11(2)3)7-8-13-10-12/h11H,4-10H2,1-3H3. The Morgan fingerprint density at radius 3 is 2.62 bits per heavy atom. The van der Waals surface area contributed by atoms with Crippen LogP contribution < -0.4 is 0 Å². The lowest BCUT2D eigenvalue weighted by Gasteiger charge is -2.29. The molecule has 0 radical (unpaired) electrons. The Balaban J connectivity index is 2.42. The van der Waals surface area contributed by atoms with Crippen LogP contribution in [-0.4, -0.2) is 13.2 Å². The van der Waals surface area contributed by atoms with Gasteiger partial charge in [0.2, 0.25) is 0 Å². The van der Waals surface area contributed by atoms with Crippen molar-refractivity contribution in [1.29, 1.82) is 0 Å². The molecule has 78 valence electrons. The van der Waals surface area contributed by atoms with Crippen LogP contribution in [0.25, 0.3) is 0 Å². The fourth-order valence-electron chi connectivity index (χ4n) is 2.53. The van der Waals surface area contributed by atoms with E-state index in [-0.39, 0.29) is 0 Å². The van der Waals surface area contributed by atoms with Crippen molar-refractivity contribution in [3.63, 3.8) is 0 Å². The van der Waals surface area contributed by atoms with Gasteiger partial charge in [-0.1, -0.05) is 33.6 Å². The summed E-state index contributed by atoms with van der Waals surface area (Å²) in [5.74, 6) is 0.818. The van der Waals surface area contributed by atoms with Gasteiger partial charge in [-0.2, -0.15) is 0 Å². The highest BCUT2D eigenvalue weighted by Crippen LogP contribution is 2.39. The number of hydrogen-bond donors (Lipinski definition) is 0. The van der Waals surface area contributed by atoms with Gasteiger partial charge < -0.3 is 4.74 Å². The van der Waals surface area contributed by atoms with Crippen molar-refractivity contribution in [2.24, 2.45) is 11.3 Å². The summed E-state index contributed by atoms with van der Waals surface area (Å²) in [5, 5.41) is 0. The van der Waals surface area contributed by atoms with Crippen LogP contribution in [0.4, 0.5) is 0 Å². The molecule has 1 unspecified atom stereocenters. The molecule has 13 heavy (non-hydrogen) atoms. The Bertz CT molecular complexity index is 134. The third-order valence-electron chi connectivity index (χ3n) is 3.09. The van der Waals surface area contributed by atoms with E-state index in [2.05, 4.69) is 20.8 Å². The van der Waals surface area contributed by atoms with E-state index < -0.39 is 0 Å². The first-order chi connectivity index (χ1) is 6.18. The van der Waals surface area contributed by atoms with Crippen LogP contribution in [0, 0.1) is 11.3 Å². The van der Waals surface area contributed by atoms with Crippen molar-refractivity contribution < 1.29 is 4.74 Å². The number of unbranched alkanes of at least 4 members (excludes halogenated alkanes) is 1. The van der Waals surface area contributed by atoms with Crippen LogP contribution in [0.5, 0.6) is 0 Å². The van der Waals surface area contributed by atoms with Gasteiger partial charge in [-0.05, 0) is 30.6 Å².